The van der Waals surface area contributed by atoms with Crippen molar-refractivity contribution in [3.05, 3.63) is 35.5 Å². The van der Waals surface area contributed by atoms with Crippen LogP contribution in [0.2, 0.25) is 0 Å². The van der Waals surface area contributed by atoms with Crippen LogP contribution in [-0.2, 0) is 11.8 Å². The van der Waals surface area contributed by atoms with E-state index in [1.165, 1.54) is 57.4 Å². The Morgan fingerprint density at radius 2 is 1.70 bits per heavy atom. The molecule has 30 heavy (non-hydrogen) atoms. The maximum Gasteiger partial charge on any atom is 0.250 e. The first-order chi connectivity index (χ1) is 14.1. The predicted molar refractivity (Wildman–Crippen MR) is 121 cm³/mol. The first kappa shape index (κ1) is 24.3. The van der Waals surface area contributed by atoms with Gasteiger partial charge in [-0.25, -0.2) is 4.39 Å². The van der Waals surface area contributed by atoms with Gasteiger partial charge < -0.3 is 10.2 Å². The molecule has 0 bridgehead atoms. The quantitative estimate of drug-likeness (QED) is 0.218. The summed E-state index contributed by atoms with van der Waals surface area (Å²) >= 11 is 0. The fourth-order valence-corrected chi connectivity index (χ4v) is 3.78. The lowest BCUT2D eigenvalue weighted by Gasteiger charge is -2.07. The van der Waals surface area contributed by atoms with Crippen molar-refractivity contribution in [2.45, 2.75) is 89.4 Å². The van der Waals surface area contributed by atoms with Gasteiger partial charge in [-0.05, 0) is 43.4 Å². The standard InChI is InChI=1S/C23H33FN4O.ClH/c1-2-3-4-5-6-7-8-9-10-11-17-12-13-19(24)18(16-17)20-27-28-22(29-20)23(14-15-23)21(25)26;/h12-13,16H,2-11,14-15H2,1H3,(H3,25,26);1H. The molecule has 0 radical (unpaired) electrons. The summed E-state index contributed by atoms with van der Waals surface area (Å²) in [6.45, 7) is 2.24. The Morgan fingerprint density at radius 3 is 2.30 bits per heavy atom. The summed E-state index contributed by atoms with van der Waals surface area (Å²) in [7, 11) is 0. The number of nitrogens with two attached hydrogens (primary N) is 1. The Balaban J connectivity index is 0.00000320. The second-order valence-corrected chi connectivity index (χ2v) is 8.30. The molecule has 1 fully saturated rings. The highest BCUT2D eigenvalue weighted by molar-refractivity contribution is 5.91. The molecule has 5 nitrogen and oxygen atoms in total. The van der Waals surface area contributed by atoms with Crippen LogP contribution in [0, 0.1) is 11.2 Å². The van der Waals surface area contributed by atoms with Crippen LogP contribution < -0.4 is 5.73 Å². The number of benzene rings is 1. The topological polar surface area (TPSA) is 88.8 Å². The number of aromatic nitrogens is 2. The van der Waals surface area contributed by atoms with E-state index in [4.69, 9.17) is 15.6 Å². The third-order valence-corrected chi connectivity index (χ3v) is 5.93. The third kappa shape index (κ3) is 6.03. The van der Waals surface area contributed by atoms with E-state index in [2.05, 4.69) is 17.1 Å². The van der Waals surface area contributed by atoms with Crippen LogP contribution in [-0.4, -0.2) is 16.0 Å². The third-order valence-electron chi connectivity index (χ3n) is 5.93. The number of amidine groups is 1. The van der Waals surface area contributed by atoms with Gasteiger partial charge in [-0.2, -0.15) is 0 Å². The average Bonchev–Trinajstić information content (AvgIpc) is 3.39. The Hall–Kier alpha value is -1.95. The van der Waals surface area contributed by atoms with Gasteiger partial charge in [-0.15, -0.1) is 22.6 Å². The molecule has 1 heterocycles. The van der Waals surface area contributed by atoms with Crippen molar-refractivity contribution < 1.29 is 8.81 Å². The van der Waals surface area contributed by atoms with Gasteiger partial charge in [-0.1, -0.05) is 64.4 Å². The van der Waals surface area contributed by atoms with Crippen LogP contribution in [0.5, 0.6) is 0 Å². The van der Waals surface area contributed by atoms with Crippen LogP contribution >= 0.6 is 12.4 Å². The molecule has 0 spiro atoms. The number of nitrogens with one attached hydrogen (secondary N) is 1. The molecule has 1 saturated carbocycles. The van der Waals surface area contributed by atoms with Gasteiger partial charge in [0.25, 0.3) is 5.89 Å². The van der Waals surface area contributed by atoms with Crippen molar-refractivity contribution in [1.82, 2.24) is 10.2 Å². The summed E-state index contributed by atoms with van der Waals surface area (Å²) in [5.41, 5.74) is 6.45. The molecule has 0 unspecified atom stereocenters. The molecule has 3 rings (SSSR count). The second kappa shape index (κ2) is 11.4. The lowest BCUT2D eigenvalue weighted by atomic mass is 10.0. The van der Waals surface area contributed by atoms with Crippen molar-refractivity contribution in [3.8, 4) is 11.5 Å². The Morgan fingerprint density at radius 1 is 1.07 bits per heavy atom. The minimum absolute atomic E-state index is 0. The fourth-order valence-electron chi connectivity index (χ4n) is 3.78. The summed E-state index contributed by atoms with van der Waals surface area (Å²) in [6.07, 6.45) is 13.9. The molecule has 2 aromatic rings. The lowest BCUT2D eigenvalue weighted by Crippen LogP contribution is -2.27. The molecule has 0 aliphatic heterocycles. The van der Waals surface area contributed by atoms with Crippen molar-refractivity contribution >= 4 is 18.2 Å². The molecular weight excluding hydrogens is 403 g/mol. The highest BCUT2D eigenvalue weighted by atomic mass is 35.5. The summed E-state index contributed by atoms with van der Waals surface area (Å²) in [5, 5.41) is 15.8. The normalized spacial score (nSPS) is 14.3. The Bertz CT molecular complexity index is 819. The number of aryl methyl sites for hydroxylation is 1. The zero-order valence-electron chi connectivity index (χ0n) is 17.9. The number of rotatable bonds is 13. The molecule has 1 aromatic heterocycles. The summed E-state index contributed by atoms with van der Waals surface area (Å²) < 4.78 is 20.1. The van der Waals surface area contributed by atoms with Gasteiger partial charge >= 0.3 is 0 Å². The first-order valence-electron chi connectivity index (χ1n) is 11.0. The van der Waals surface area contributed by atoms with Crippen molar-refractivity contribution in [3.63, 3.8) is 0 Å². The average molecular weight is 437 g/mol. The van der Waals surface area contributed by atoms with Gasteiger partial charge in [0.15, 0.2) is 0 Å². The number of unbranched alkanes of at least 4 members (excludes halogenated alkanes) is 8. The van der Waals surface area contributed by atoms with E-state index < -0.39 is 5.41 Å². The highest BCUT2D eigenvalue weighted by Gasteiger charge is 2.52. The highest BCUT2D eigenvalue weighted by Crippen LogP contribution is 2.47. The van der Waals surface area contributed by atoms with Crippen LogP contribution in [0.4, 0.5) is 4.39 Å². The largest absolute Gasteiger partial charge is 0.419 e. The van der Waals surface area contributed by atoms with E-state index in [-0.39, 0.29) is 30.0 Å². The molecule has 166 valence electrons. The van der Waals surface area contributed by atoms with E-state index in [9.17, 15) is 4.39 Å². The molecule has 0 amide bonds. The van der Waals surface area contributed by atoms with Gasteiger partial charge in [0, 0.05) is 0 Å². The molecule has 1 aliphatic rings. The Labute approximate surface area is 185 Å². The first-order valence-corrected chi connectivity index (χ1v) is 11.0. The lowest BCUT2D eigenvalue weighted by molar-refractivity contribution is 0.482. The minimum atomic E-state index is -0.629. The molecule has 1 aliphatic carbocycles. The van der Waals surface area contributed by atoms with Crippen LogP contribution in [0.25, 0.3) is 11.5 Å². The maximum atomic E-state index is 14.4. The van der Waals surface area contributed by atoms with Crippen LogP contribution in [0.1, 0.15) is 89.0 Å². The van der Waals surface area contributed by atoms with E-state index in [0.717, 1.165) is 31.2 Å². The number of hydrogen-bond acceptors (Lipinski definition) is 4. The van der Waals surface area contributed by atoms with Crippen LogP contribution in [0.15, 0.2) is 22.6 Å². The minimum Gasteiger partial charge on any atom is -0.419 e. The zero-order valence-corrected chi connectivity index (χ0v) is 18.7. The van der Waals surface area contributed by atoms with E-state index in [1.807, 2.05) is 12.1 Å². The molecular formula is C23H34ClFN4O. The summed E-state index contributed by atoms with van der Waals surface area (Å²) in [6, 6.07) is 5.11. The number of nitrogens with zero attached hydrogens (tertiary/aromatic N) is 2. The molecule has 1 aromatic carbocycles. The number of halogens is 2. The predicted octanol–water partition coefficient (Wildman–Crippen LogP) is 6.34. The number of hydrogen-bond donors (Lipinski definition) is 2. The molecule has 0 saturated heterocycles. The van der Waals surface area contributed by atoms with Crippen molar-refractivity contribution in [2.24, 2.45) is 5.73 Å². The van der Waals surface area contributed by atoms with E-state index >= 15 is 0 Å². The zero-order chi connectivity index (χ0) is 20.7. The van der Waals surface area contributed by atoms with Gasteiger partial charge in [0.05, 0.1) is 5.56 Å². The van der Waals surface area contributed by atoms with E-state index in [1.54, 1.807) is 0 Å². The van der Waals surface area contributed by atoms with E-state index in [0.29, 0.717) is 11.5 Å². The monoisotopic (exact) mass is 436 g/mol. The SMILES string of the molecule is CCCCCCCCCCCc1ccc(F)c(-c2nnc(C3(C(=N)N)CC3)o2)c1.Cl. The molecule has 7 heteroatoms. The summed E-state index contributed by atoms with van der Waals surface area (Å²) in [4.78, 5) is 0. The Kier molecular flexibility index (Phi) is 9.28. The van der Waals surface area contributed by atoms with Crippen molar-refractivity contribution in [1.29, 1.82) is 5.41 Å². The molecule has 3 N–H and O–H groups in total. The van der Waals surface area contributed by atoms with Crippen LogP contribution in [0.3, 0.4) is 0 Å². The summed E-state index contributed by atoms with van der Waals surface area (Å²) in [5.74, 6) is 0.152. The van der Waals surface area contributed by atoms with Gasteiger partial charge in [0.1, 0.15) is 17.1 Å². The smallest absolute Gasteiger partial charge is 0.250 e. The maximum absolute atomic E-state index is 14.4. The fraction of sp³-hybridized carbons (Fsp3) is 0.609. The van der Waals surface area contributed by atoms with Gasteiger partial charge in [-0.3, -0.25) is 5.41 Å². The van der Waals surface area contributed by atoms with Crippen molar-refractivity contribution in [2.75, 3.05) is 0 Å². The molecule has 0 atom stereocenters. The second-order valence-electron chi connectivity index (χ2n) is 8.30. The van der Waals surface area contributed by atoms with Gasteiger partial charge in [0.2, 0.25) is 5.89 Å².